The molecule has 0 saturated heterocycles. The summed E-state index contributed by atoms with van der Waals surface area (Å²) in [6.07, 6.45) is 2.37. The minimum absolute atomic E-state index is 0.532. The highest BCUT2D eigenvalue weighted by atomic mass is 79.9. The van der Waals surface area contributed by atoms with Crippen molar-refractivity contribution in [1.82, 2.24) is 19.8 Å². The third-order valence-electron chi connectivity index (χ3n) is 3.24. The molecule has 1 aromatic carbocycles. The van der Waals surface area contributed by atoms with Crippen molar-refractivity contribution in [3.05, 3.63) is 28.5 Å². The predicted molar refractivity (Wildman–Crippen MR) is 78.2 cm³/mol. The van der Waals surface area contributed by atoms with Crippen LogP contribution in [0.1, 0.15) is 24.6 Å². The average molecular weight is 336 g/mol. The van der Waals surface area contributed by atoms with Gasteiger partial charge in [0.15, 0.2) is 5.82 Å². The normalized spacial score (nSPS) is 15.2. The number of hydrogen-bond donors (Lipinski definition) is 1. The Hall–Kier alpha value is -1.47. The number of halogens is 1. The number of aromatic nitrogens is 4. The number of anilines is 1. The molecule has 1 aliphatic carbocycles. The van der Waals surface area contributed by atoms with Crippen LogP contribution in [-0.4, -0.2) is 19.8 Å². The Bertz CT molecular complexity index is 774. The summed E-state index contributed by atoms with van der Waals surface area (Å²) in [6.45, 7) is 0. The van der Waals surface area contributed by atoms with Gasteiger partial charge in [-0.3, -0.25) is 0 Å². The molecule has 0 amide bonds. The van der Waals surface area contributed by atoms with E-state index in [2.05, 4.69) is 31.2 Å². The van der Waals surface area contributed by atoms with Crippen LogP contribution in [0.15, 0.2) is 22.7 Å². The molecule has 3 aromatic rings. The molecule has 1 aliphatic rings. The van der Waals surface area contributed by atoms with Crippen molar-refractivity contribution in [3.8, 4) is 10.6 Å². The van der Waals surface area contributed by atoms with E-state index in [9.17, 15) is 0 Å². The van der Waals surface area contributed by atoms with Crippen molar-refractivity contribution in [2.75, 3.05) is 5.73 Å². The van der Waals surface area contributed by atoms with Crippen LogP contribution in [0.4, 0.5) is 5.69 Å². The zero-order chi connectivity index (χ0) is 13.0. The maximum Gasteiger partial charge on any atom is 0.234 e. The van der Waals surface area contributed by atoms with Gasteiger partial charge in [-0.2, -0.15) is 9.61 Å². The quantitative estimate of drug-likeness (QED) is 0.730. The van der Waals surface area contributed by atoms with Crippen LogP contribution in [0, 0.1) is 0 Å². The summed E-state index contributed by atoms with van der Waals surface area (Å²) in [4.78, 5) is 0.830. The van der Waals surface area contributed by atoms with E-state index in [1.807, 2.05) is 22.7 Å². The van der Waals surface area contributed by atoms with Gasteiger partial charge in [0.25, 0.3) is 0 Å². The second kappa shape index (κ2) is 4.01. The fraction of sp³-hybridized carbons (Fsp3) is 0.250. The summed E-state index contributed by atoms with van der Waals surface area (Å²) in [7, 11) is 0. The van der Waals surface area contributed by atoms with E-state index in [0.717, 1.165) is 25.8 Å². The van der Waals surface area contributed by atoms with Crippen LogP contribution >= 0.6 is 27.3 Å². The Kier molecular flexibility index (Phi) is 2.40. The number of para-hydroxylation sites is 1. The molecule has 96 valence electrons. The minimum Gasteiger partial charge on any atom is -0.397 e. The van der Waals surface area contributed by atoms with E-state index in [1.54, 1.807) is 0 Å². The summed E-state index contributed by atoms with van der Waals surface area (Å²) < 4.78 is 2.75. The van der Waals surface area contributed by atoms with Gasteiger partial charge in [0, 0.05) is 16.0 Å². The maximum absolute atomic E-state index is 6.09. The van der Waals surface area contributed by atoms with E-state index >= 15 is 0 Å². The molecular formula is C12H10BrN5S. The Balaban J connectivity index is 1.89. The van der Waals surface area contributed by atoms with Gasteiger partial charge in [0.1, 0.15) is 5.01 Å². The molecule has 2 N–H and O–H groups in total. The van der Waals surface area contributed by atoms with Crippen LogP contribution in [0.5, 0.6) is 0 Å². The molecule has 1 saturated carbocycles. The highest BCUT2D eigenvalue weighted by molar-refractivity contribution is 9.10. The standard InChI is InChI=1S/C12H10BrN5S/c13-8-3-1-2-7(9(8)14)11-17-18-10(6-4-5-6)15-16-12(18)19-11/h1-3,6H,4-5,14H2. The minimum atomic E-state index is 0.532. The zero-order valence-electron chi connectivity index (χ0n) is 9.88. The molecule has 0 spiro atoms. The number of rotatable bonds is 2. The topological polar surface area (TPSA) is 69.1 Å². The van der Waals surface area contributed by atoms with Crippen molar-refractivity contribution in [2.45, 2.75) is 18.8 Å². The fourth-order valence-electron chi connectivity index (χ4n) is 2.06. The molecule has 7 heteroatoms. The van der Waals surface area contributed by atoms with Gasteiger partial charge in [0.05, 0.1) is 5.69 Å². The monoisotopic (exact) mass is 335 g/mol. The second-order valence-corrected chi connectivity index (χ2v) is 6.45. The lowest BCUT2D eigenvalue weighted by molar-refractivity contribution is 0.828. The van der Waals surface area contributed by atoms with Crippen molar-refractivity contribution in [3.63, 3.8) is 0 Å². The largest absolute Gasteiger partial charge is 0.397 e. The summed E-state index contributed by atoms with van der Waals surface area (Å²) in [6, 6.07) is 5.86. The van der Waals surface area contributed by atoms with Crippen molar-refractivity contribution in [2.24, 2.45) is 0 Å². The first-order chi connectivity index (χ1) is 9.24. The summed E-state index contributed by atoms with van der Waals surface area (Å²) in [5.74, 6) is 1.51. The third kappa shape index (κ3) is 1.76. The molecule has 19 heavy (non-hydrogen) atoms. The van der Waals surface area contributed by atoms with Gasteiger partial charge in [-0.05, 0) is 40.9 Å². The molecule has 0 aliphatic heterocycles. The number of benzene rings is 1. The van der Waals surface area contributed by atoms with E-state index < -0.39 is 0 Å². The van der Waals surface area contributed by atoms with Crippen molar-refractivity contribution in [1.29, 1.82) is 0 Å². The van der Waals surface area contributed by atoms with E-state index in [4.69, 9.17) is 5.73 Å². The molecule has 5 nitrogen and oxygen atoms in total. The molecule has 0 unspecified atom stereocenters. The first-order valence-electron chi connectivity index (χ1n) is 6.00. The van der Waals surface area contributed by atoms with Gasteiger partial charge in [0.2, 0.25) is 4.96 Å². The Morgan fingerprint density at radius 3 is 2.95 bits per heavy atom. The highest BCUT2D eigenvalue weighted by Gasteiger charge is 2.30. The van der Waals surface area contributed by atoms with Crippen molar-refractivity contribution >= 4 is 37.9 Å². The molecule has 2 aromatic heterocycles. The van der Waals surface area contributed by atoms with Crippen LogP contribution in [0.2, 0.25) is 0 Å². The maximum atomic E-state index is 6.09. The first kappa shape index (κ1) is 11.4. The first-order valence-corrected chi connectivity index (χ1v) is 7.61. The zero-order valence-corrected chi connectivity index (χ0v) is 12.3. The Morgan fingerprint density at radius 2 is 2.16 bits per heavy atom. The predicted octanol–water partition coefficient (Wildman–Crippen LogP) is 3.07. The van der Waals surface area contributed by atoms with Gasteiger partial charge < -0.3 is 5.73 Å². The molecule has 0 atom stereocenters. The SMILES string of the molecule is Nc1c(Br)cccc1-c1nn2c(C3CC3)nnc2s1. The van der Waals surface area contributed by atoms with E-state index in [1.165, 1.54) is 24.2 Å². The number of nitrogens with two attached hydrogens (primary N) is 1. The number of nitrogens with zero attached hydrogens (tertiary/aromatic N) is 4. The Morgan fingerprint density at radius 1 is 1.32 bits per heavy atom. The van der Waals surface area contributed by atoms with Gasteiger partial charge in [-0.1, -0.05) is 17.4 Å². The average Bonchev–Trinajstić information content (AvgIpc) is 3.02. The van der Waals surface area contributed by atoms with Crippen molar-refractivity contribution < 1.29 is 0 Å². The molecular weight excluding hydrogens is 326 g/mol. The summed E-state index contributed by atoms with van der Waals surface area (Å²) in [5.41, 5.74) is 7.74. The molecule has 4 rings (SSSR count). The third-order valence-corrected chi connectivity index (χ3v) is 4.86. The lowest BCUT2D eigenvalue weighted by atomic mass is 10.2. The summed E-state index contributed by atoms with van der Waals surface area (Å²) >= 11 is 4.96. The fourth-order valence-corrected chi connectivity index (χ4v) is 3.31. The van der Waals surface area contributed by atoms with E-state index in [-0.39, 0.29) is 0 Å². The molecule has 1 fully saturated rings. The molecule has 0 bridgehead atoms. The highest BCUT2D eigenvalue weighted by Crippen LogP contribution is 2.40. The summed E-state index contributed by atoms with van der Waals surface area (Å²) in [5, 5.41) is 13.9. The smallest absolute Gasteiger partial charge is 0.234 e. The van der Waals surface area contributed by atoms with Crippen LogP contribution < -0.4 is 5.73 Å². The lowest BCUT2D eigenvalue weighted by Gasteiger charge is -2.03. The van der Waals surface area contributed by atoms with Gasteiger partial charge in [-0.15, -0.1) is 10.2 Å². The molecule has 2 heterocycles. The van der Waals surface area contributed by atoms with Crippen LogP contribution in [0.3, 0.4) is 0 Å². The number of hydrogen-bond acceptors (Lipinski definition) is 5. The Labute approximate surface area is 121 Å². The lowest BCUT2D eigenvalue weighted by Crippen LogP contribution is -1.95. The van der Waals surface area contributed by atoms with Gasteiger partial charge >= 0.3 is 0 Å². The van der Waals surface area contributed by atoms with E-state index in [0.29, 0.717) is 11.6 Å². The van der Waals surface area contributed by atoms with Crippen LogP contribution in [-0.2, 0) is 0 Å². The number of nitrogen functional groups attached to an aromatic ring is 1. The number of fused-ring (bicyclic) bond motifs is 1. The second-order valence-electron chi connectivity index (χ2n) is 4.64. The van der Waals surface area contributed by atoms with Crippen LogP contribution in [0.25, 0.3) is 15.5 Å². The molecule has 0 radical (unpaired) electrons. The van der Waals surface area contributed by atoms with Gasteiger partial charge in [-0.25, -0.2) is 0 Å².